The quantitative estimate of drug-likeness (QED) is 0.770. The summed E-state index contributed by atoms with van der Waals surface area (Å²) in [7, 11) is 0. The highest BCUT2D eigenvalue weighted by Crippen LogP contribution is 2.32. The van der Waals surface area contributed by atoms with Crippen molar-refractivity contribution in [2.24, 2.45) is 0 Å². The lowest BCUT2D eigenvalue weighted by Gasteiger charge is -2.24. The topological polar surface area (TPSA) is 79.5 Å². The summed E-state index contributed by atoms with van der Waals surface area (Å²) in [5.74, 6) is 0.518. The standard InChI is InChI=1S/C15H19N3O3/c1-9-14(19)18-12-8-10(5-6-13(12)21-9)17-11-4-2-3-7-16-15(11)20/h5-6,8-9,11,17H,2-4,7H2,1H3,(H,16,20)(H,18,19)/t9-,11-/m0/s1. The fourth-order valence-corrected chi connectivity index (χ4v) is 2.58. The Hall–Kier alpha value is -2.24. The summed E-state index contributed by atoms with van der Waals surface area (Å²) in [6.45, 7) is 2.45. The predicted octanol–water partition coefficient (Wildman–Crippen LogP) is 1.49. The molecule has 0 bridgehead atoms. The minimum absolute atomic E-state index is 0.0270. The molecule has 0 spiro atoms. The molecule has 2 amide bonds. The predicted molar refractivity (Wildman–Crippen MR) is 79.4 cm³/mol. The molecule has 0 radical (unpaired) electrons. The summed E-state index contributed by atoms with van der Waals surface area (Å²) < 4.78 is 5.51. The Balaban J connectivity index is 1.76. The molecule has 3 rings (SSSR count). The Morgan fingerprint density at radius 2 is 2.10 bits per heavy atom. The molecule has 1 fully saturated rings. The Bertz CT molecular complexity index is 573. The maximum Gasteiger partial charge on any atom is 0.265 e. The Morgan fingerprint density at radius 3 is 2.95 bits per heavy atom. The van der Waals surface area contributed by atoms with Crippen molar-refractivity contribution in [1.82, 2.24) is 5.32 Å². The van der Waals surface area contributed by atoms with E-state index in [0.717, 1.165) is 31.5 Å². The summed E-state index contributed by atoms with van der Waals surface area (Å²) in [5.41, 5.74) is 1.44. The van der Waals surface area contributed by atoms with Gasteiger partial charge in [0.25, 0.3) is 5.91 Å². The summed E-state index contributed by atoms with van der Waals surface area (Å²) >= 11 is 0. The van der Waals surface area contributed by atoms with Crippen LogP contribution in [0.4, 0.5) is 11.4 Å². The van der Waals surface area contributed by atoms with Crippen molar-refractivity contribution >= 4 is 23.2 Å². The van der Waals surface area contributed by atoms with Crippen LogP contribution in [-0.4, -0.2) is 30.5 Å². The van der Waals surface area contributed by atoms with Crippen molar-refractivity contribution in [1.29, 1.82) is 0 Å². The lowest BCUT2D eigenvalue weighted by molar-refractivity contribution is -0.123. The first-order valence-corrected chi connectivity index (χ1v) is 7.29. The van der Waals surface area contributed by atoms with Crippen LogP contribution in [-0.2, 0) is 9.59 Å². The zero-order chi connectivity index (χ0) is 14.8. The van der Waals surface area contributed by atoms with E-state index in [4.69, 9.17) is 4.74 Å². The van der Waals surface area contributed by atoms with Gasteiger partial charge in [-0.2, -0.15) is 0 Å². The monoisotopic (exact) mass is 289 g/mol. The van der Waals surface area contributed by atoms with Crippen molar-refractivity contribution in [2.45, 2.75) is 38.3 Å². The van der Waals surface area contributed by atoms with Gasteiger partial charge in [0, 0.05) is 12.2 Å². The third-order valence-electron chi connectivity index (χ3n) is 3.79. The Kier molecular flexibility index (Phi) is 3.68. The van der Waals surface area contributed by atoms with E-state index in [2.05, 4.69) is 16.0 Å². The van der Waals surface area contributed by atoms with E-state index in [1.807, 2.05) is 12.1 Å². The van der Waals surface area contributed by atoms with E-state index in [1.54, 1.807) is 13.0 Å². The van der Waals surface area contributed by atoms with E-state index in [9.17, 15) is 9.59 Å². The summed E-state index contributed by atoms with van der Waals surface area (Å²) in [6.07, 6.45) is 2.35. The lowest BCUT2D eigenvalue weighted by atomic mass is 10.1. The van der Waals surface area contributed by atoms with Gasteiger partial charge in [-0.25, -0.2) is 0 Å². The third-order valence-corrected chi connectivity index (χ3v) is 3.79. The highest BCUT2D eigenvalue weighted by atomic mass is 16.5. The molecule has 21 heavy (non-hydrogen) atoms. The van der Waals surface area contributed by atoms with Gasteiger partial charge in [-0.15, -0.1) is 0 Å². The average Bonchev–Trinajstić information content (AvgIpc) is 2.66. The lowest BCUT2D eigenvalue weighted by Crippen LogP contribution is -2.38. The molecule has 1 aromatic carbocycles. The molecule has 0 saturated carbocycles. The van der Waals surface area contributed by atoms with Crippen LogP contribution in [0.15, 0.2) is 18.2 Å². The molecule has 2 atom stereocenters. The van der Waals surface area contributed by atoms with E-state index in [0.29, 0.717) is 11.4 Å². The molecule has 6 nitrogen and oxygen atoms in total. The highest BCUT2D eigenvalue weighted by molar-refractivity contribution is 5.98. The van der Waals surface area contributed by atoms with Crippen LogP contribution in [0, 0.1) is 0 Å². The number of hydrogen-bond donors (Lipinski definition) is 3. The molecule has 6 heteroatoms. The van der Waals surface area contributed by atoms with Crippen molar-refractivity contribution in [2.75, 3.05) is 17.2 Å². The Morgan fingerprint density at radius 1 is 1.24 bits per heavy atom. The van der Waals surface area contributed by atoms with Crippen LogP contribution in [0.25, 0.3) is 0 Å². The van der Waals surface area contributed by atoms with Crippen molar-refractivity contribution in [3.8, 4) is 5.75 Å². The number of fused-ring (bicyclic) bond motifs is 1. The number of nitrogens with one attached hydrogen (secondary N) is 3. The normalized spacial score (nSPS) is 25.0. The van der Waals surface area contributed by atoms with Gasteiger partial charge in [0.1, 0.15) is 11.8 Å². The maximum atomic E-state index is 11.9. The second kappa shape index (κ2) is 5.63. The summed E-state index contributed by atoms with van der Waals surface area (Å²) in [6, 6.07) is 5.24. The zero-order valence-electron chi connectivity index (χ0n) is 11.9. The van der Waals surface area contributed by atoms with Crippen LogP contribution in [0.3, 0.4) is 0 Å². The van der Waals surface area contributed by atoms with E-state index >= 15 is 0 Å². The number of carbonyl (C=O) groups is 2. The van der Waals surface area contributed by atoms with Gasteiger partial charge in [-0.1, -0.05) is 0 Å². The number of hydrogen-bond acceptors (Lipinski definition) is 4. The smallest absolute Gasteiger partial charge is 0.265 e. The average molecular weight is 289 g/mol. The number of amides is 2. The van der Waals surface area contributed by atoms with E-state index < -0.39 is 6.10 Å². The van der Waals surface area contributed by atoms with E-state index in [1.165, 1.54) is 0 Å². The molecule has 0 aromatic heterocycles. The van der Waals surface area contributed by atoms with Gasteiger partial charge in [0.05, 0.1) is 5.69 Å². The molecule has 1 aromatic rings. The number of benzene rings is 1. The largest absolute Gasteiger partial charge is 0.479 e. The van der Waals surface area contributed by atoms with Crippen molar-refractivity contribution in [3.05, 3.63) is 18.2 Å². The molecular formula is C15H19N3O3. The first-order valence-electron chi connectivity index (χ1n) is 7.29. The Labute approximate surface area is 123 Å². The molecule has 2 aliphatic heterocycles. The van der Waals surface area contributed by atoms with E-state index in [-0.39, 0.29) is 17.9 Å². The fourth-order valence-electron chi connectivity index (χ4n) is 2.58. The number of rotatable bonds is 2. The van der Waals surface area contributed by atoms with Crippen LogP contribution >= 0.6 is 0 Å². The minimum Gasteiger partial charge on any atom is -0.479 e. The molecule has 0 unspecified atom stereocenters. The van der Waals surface area contributed by atoms with Gasteiger partial charge < -0.3 is 20.7 Å². The van der Waals surface area contributed by atoms with Crippen LogP contribution in [0.1, 0.15) is 26.2 Å². The number of anilines is 2. The highest BCUT2D eigenvalue weighted by Gasteiger charge is 2.25. The molecule has 2 aliphatic rings. The first kappa shape index (κ1) is 13.7. The van der Waals surface area contributed by atoms with Gasteiger partial charge in [0.15, 0.2) is 6.10 Å². The second-order valence-electron chi connectivity index (χ2n) is 5.44. The number of ether oxygens (including phenoxy) is 1. The van der Waals surface area contributed by atoms with Gasteiger partial charge in [-0.3, -0.25) is 9.59 Å². The zero-order valence-corrected chi connectivity index (χ0v) is 11.9. The minimum atomic E-state index is -0.482. The number of carbonyl (C=O) groups excluding carboxylic acids is 2. The molecule has 112 valence electrons. The van der Waals surface area contributed by atoms with Crippen LogP contribution < -0.4 is 20.7 Å². The van der Waals surface area contributed by atoms with Gasteiger partial charge >= 0.3 is 0 Å². The molecule has 3 N–H and O–H groups in total. The first-order chi connectivity index (χ1) is 10.1. The maximum absolute atomic E-state index is 11.9. The van der Waals surface area contributed by atoms with Crippen molar-refractivity contribution < 1.29 is 14.3 Å². The van der Waals surface area contributed by atoms with Crippen molar-refractivity contribution in [3.63, 3.8) is 0 Å². The van der Waals surface area contributed by atoms with Crippen LogP contribution in [0.5, 0.6) is 5.75 Å². The summed E-state index contributed by atoms with van der Waals surface area (Å²) in [4.78, 5) is 23.6. The second-order valence-corrected chi connectivity index (χ2v) is 5.44. The molecule has 1 saturated heterocycles. The van der Waals surface area contributed by atoms with Gasteiger partial charge in [0.2, 0.25) is 5.91 Å². The third kappa shape index (κ3) is 2.94. The molecule has 2 heterocycles. The SMILES string of the molecule is C[C@@H]1Oc2ccc(N[C@H]3CCCCNC3=O)cc2NC1=O. The molecular weight excluding hydrogens is 270 g/mol. The van der Waals surface area contributed by atoms with Gasteiger partial charge in [-0.05, 0) is 44.4 Å². The summed E-state index contributed by atoms with van der Waals surface area (Å²) in [5, 5.41) is 8.93. The van der Waals surface area contributed by atoms with Crippen LogP contribution in [0.2, 0.25) is 0 Å². The molecule has 0 aliphatic carbocycles. The fraction of sp³-hybridized carbons (Fsp3) is 0.467.